The van der Waals surface area contributed by atoms with Crippen LogP contribution in [-0.4, -0.2) is 19.0 Å². The summed E-state index contributed by atoms with van der Waals surface area (Å²) < 4.78 is 1.05. The fourth-order valence-electron chi connectivity index (χ4n) is 0.987. The number of carbonyl (C=O) groups is 1. The van der Waals surface area contributed by atoms with Gasteiger partial charge in [0.05, 0.1) is 9.83 Å². The van der Waals surface area contributed by atoms with Gasteiger partial charge in [0.1, 0.15) is 0 Å². The van der Waals surface area contributed by atoms with Gasteiger partial charge < -0.3 is 5.73 Å². The maximum Gasteiger partial charge on any atom is 0.251 e. The van der Waals surface area contributed by atoms with E-state index in [2.05, 4.69) is 26.8 Å². The SMILES string of the molecule is CNNC(=O)C(N)Cc1ccc(Br)s1. The average Bonchev–Trinajstić information content (AvgIpc) is 2.51. The number of hydrogen-bond acceptors (Lipinski definition) is 4. The minimum absolute atomic E-state index is 0.197. The number of hydrogen-bond donors (Lipinski definition) is 3. The fraction of sp³-hybridized carbons (Fsp3) is 0.375. The Bertz CT molecular complexity index is 315. The molecular weight excluding hydrogens is 266 g/mol. The van der Waals surface area contributed by atoms with Crippen LogP contribution >= 0.6 is 27.3 Å². The van der Waals surface area contributed by atoms with Gasteiger partial charge in [-0.25, -0.2) is 5.43 Å². The molecule has 1 unspecified atom stereocenters. The number of halogens is 1. The van der Waals surface area contributed by atoms with Crippen LogP contribution in [0.15, 0.2) is 15.9 Å². The molecule has 0 aliphatic heterocycles. The zero-order valence-corrected chi connectivity index (χ0v) is 10.1. The van der Waals surface area contributed by atoms with Crippen LogP contribution in [0.4, 0.5) is 0 Å². The van der Waals surface area contributed by atoms with Crippen LogP contribution in [0.3, 0.4) is 0 Å². The number of nitrogens with one attached hydrogen (secondary N) is 2. The summed E-state index contributed by atoms with van der Waals surface area (Å²) in [5.74, 6) is -0.197. The second kappa shape index (κ2) is 5.45. The quantitative estimate of drug-likeness (QED) is 0.708. The smallest absolute Gasteiger partial charge is 0.251 e. The van der Waals surface area contributed by atoms with Crippen molar-refractivity contribution in [2.45, 2.75) is 12.5 Å². The van der Waals surface area contributed by atoms with Crippen LogP contribution in [0.5, 0.6) is 0 Å². The second-order valence-corrected chi connectivity index (χ2v) is 5.30. The van der Waals surface area contributed by atoms with Crippen molar-refractivity contribution in [1.82, 2.24) is 10.9 Å². The third-order valence-corrected chi connectivity index (χ3v) is 3.28. The van der Waals surface area contributed by atoms with Crippen LogP contribution in [0.1, 0.15) is 4.88 Å². The molecule has 0 aliphatic carbocycles. The monoisotopic (exact) mass is 277 g/mol. The molecule has 14 heavy (non-hydrogen) atoms. The Morgan fingerprint density at radius 3 is 2.93 bits per heavy atom. The lowest BCUT2D eigenvalue weighted by Crippen LogP contribution is -2.46. The summed E-state index contributed by atoms with van der Waals surface area (Å²) in [6.45, 7) is 0. The Morgan fingerprint density at radius 2 is 2.43 bits per heavy atom. The summed E-state index contributed by atoms with van der Waals surface area (Å²) in [5, 5.41) is 0. The molecule has 1 amide bonds. The van der Waals surface area contributed by atoms with Gasteiger partial charge in [-0.1, -0.05) is 0 Å². The number of rotatable bonds is 4. The van der Waals surface area contributed by atoms with Crippen LogP contribution < -0.4 is 16.6 Å². The molecule has 78 valence electrons. The highest BCUT2D eigenvalue weighted by molar-refractivity contribution is 9.11. The van der Waals surface area contributed by atoms with Crippen molar-refractivity contribution in [3.63, 3.8) is 0 Å². The van der Waals surface area contributed by atoms with Crippen molar-refractivity contribution in [2.24, 2.45) is 5.73 Å². The molecule has 1 rings (SSSR count). The summed E-state index contributed by atoms with van der Waals surface area (Å²) >= 11 is 4.94. The summed E-state index contributed by atoms with van der Waals surface area (Å²) in [5.41, 5.74) is 10.7. The van der Waals surface area contributed by atoms with Crippen LogP contribution in [0, 0.1) is 0 Å². The zero-order chi connectivity index (χ0) is 10.6. The first-order valence-electron chi connectivity index (χ1n) is 4.10. The van der Waals surface area contributed by atoms with Gasteiger partial charge in [-0.2, -0.15) is 0 Å². The van der Waals surface area contributed by atoms with Gasteiger partial charge in [-0.3, -0.25) is 10.2 Å². The van der Waals surface area contributed by atoms with Gasteiger partial charge in [0.2, 0.25) is 0 Å². The number of nitrogens with two attached hydrogens (primary N) is 1. The third-order valence-electron chi connectivity index (χ3n) is 1.63. The molecule has 0 saturated heterocycles. The number of thiophene rings is 1. The first kappa shape index (κ1) is 11.6. The molecule has 1 aromatic rings. The predicted molar refractivity (Wildman–Crippen MR) is 60.9 cm³/mol. The lowest BCUT2D eigenvalue weighted by atomic mass is 10.2. The maximum absolute atomic E-state index is 11.2. The molecule has 0 bridgehead atoms. The molecule has 0 spiro atoms. The highest BCUT2D eigenvalue weighted by Crippen LogP contribution is 2.22. The molecule has 0 aromatic carbocycles. The zero-order valence-electron chi connectivity index (χ0n) is 7.71. The second-order valence-electron chi connectivity index (χ2n) is 2.76. The largest absolute Gasteiger partial charge is 0.320 e. The summed E-state index contributed by atoms with van der Waals surface area (Å²) in [6.07, 6.45) is 0.559. The summed E-state index contributed by atoms with van der Waals surface area (Å²) in [7, 11) is 1.63. The van der Waals surface area contributed by atoms with Crippen LogP contribution in [0.25, 0.3) is 0 Å². The molecule has 0 aliphatic rings. The molecule has 0 radical (unpaired) electrons. The number of carbonyl (C=O) groups excluding carboxylic acids is 1. The van der Waals surface area contributed by atoms with E-state index < -0.39 is 6.04 Å². The van der Waals surface area contributed by atoms with E-state index in [0.717, 1.165) is 8.66 Å². The van der Waals surface area contributed by atoms with E-state index in [9.17, 15) is 4.79 Å². The van der Waals surface area contributed by atoms with Crippen molar-refractivity contribution in [3.05, 3.63) is 20.8 Å². The highest BCUT2D eigenvalue weighted by Gasteiger charge is 2.13. The Labute approximate surface area is 95.0 Å². The van der Waals surface area contributed by atoms with Gasteiger partial charge in [-0.15, -0.1) is 11.3 Å². The van der Waals surface area contributed by atoms with Crippen molar-refractivity contribution in [3.8, 4) is 0 Å². The Balaban J connectivity index is 2.48. The molecule has 4 N–H and O–H groups in total. The van der Waals surface area contributed by atoms with Gasteiger partial charge in [0.15, 0.2) is 0 Å². The summed E-state index contributed by atoms with van der Waals surface area (Å²) in [6, 6.07) is 3.40. The van der Waals surface area contributed by atoms with E-state index in [1.807, 2.05) is 12.1 Å². The lowest BCUT2D eigenvalue weighted by Gasteiger charge is -2.09. The average molecular weight is 278 g/mol. The van der Waals surface area contributed by atoms with Gasteiger partial charge in [-0.05, 0) is 28.1 Å². The van der Waals surface area contributed by atoms with Gasteiger partial charge in [0, 0.05) is 18.3 Å². The first-order chi connectivity index (χ1) is 6.63. The third kappa shape index (κ3) is 3.38. The van der Waals surface area contributed by atoms with E-state index in [1.54, 1.807) is 18.4 Å². The van der Waals surface area contributed by atoms with Crippen LogP contribution in [-0.2, 0) is 11.2 Å². The highest BCUT2D eigenvalue weighted by atomic mass is 79.9. The standard InChI is InChI=1S/C8H12BrN3OS/c1-11-12-8(13)6(10)4-5-2-3-7(9)14-5/h2-3,6,11H,4,10H2,1H3,(H,12,13). The number of hydrazine groups is 1. The van der Waals surface area contributed by atoms with E-state index in [0.29, 0.717) is 6.42 Å². The van der Waals surface area contributed by atoms with E-state index in [4.69, 9.17) is 5.73 Å². The van der Waals surface area contributed by atoms with Gasteiger partial charge in [0.25, 0.3) is 5.91 Å². The lowest BCUT2D eigenvalue weighted by molar-refractivity contribution is -0.123. The van der Waals surface area contributed by atoms with Crippen molar-refractivity contribution in [2.75, 3.05) is 7.05 Å². The van der Waals surface area contributed by atoms with E-state index >= 15 is 0 Å². The van der Waals surface area contributed by atoms with Crippen molar-refractivity contribution < 1.29 is 4.79 Å². The predicted octanol–water partition coefficient (Wildman–Crippen LogP) is 0.631. The molecular formula is C8H12BrN3OS. The minimum atomic E-state index is -0.506. The maximum atomic E-state index is 11.2. The Kier molecular flexibility index (Phi) is 4.53. The molecule has 1 heterocycles. The topological polar surface area (TPSA) is 67.1 Å². The first-order valence-corrected chi connectivity index (χ1v) is 5.71. The van der Waals surface area contributed by atoms with Gasteiger partial charge >= 0.3 is 0 Å². The molecule has 6 heteroatoms. The normalized spacial score (nSPS) is 12.5. The molecule has 1 aromatic heterocycles. The minimum Gasteiger partial charge on any atom is -0.320 e. The molecule has 0 fully saturated rings. The fourth-order valence-corrected chi connectivity index (χ4v) is 2.53. The van der Waals surface area contributed by atoms with E-state index in [-0.39, 0.29) is 5.91 Å². The van der Waals surface area contributed by atoms with Crippen molar-refractivity contribution in [1.29, 1.82) is 0 Å². The summed E-state index contributed by atoms with van der Waals surface area (Å²) in [4.78, 5) is 12.3. The Hall–Kier alpha value is -0.430. The van der Waals surface area contributed by atoms with E-state index in [1.165, 1.54) is 0 Å². The molecule has 4 nitrogen and oxygen atoms in total. The molecule has 1 atom stereocenters. The van der Waals surface area contributed by atoms with Crippen molar-refractivity contribution >= 4 is 33.2 Å². The Morgan fingerprint density at radius 1 is 1.71 bits per heavy atom. The number of amides is 1. The molecule has 0 saturated carbocycles. The van der Waals surface area contributed by atoms with Crippen LogP contribution in [0.2, 0.25) is 0 Å².